The van der Waals surface area contributed by atoms with Crippen molar-refractivity contribution >= 4 is 12.0 Å². The molecule has 0 fully saturated rings. The van der Waals surface area contributed by atoms with Crippen molar-refractivity contribution < 1.29 is 14.3 Å². The van der Waals surface area contributed by atoms with Crippen LogP contribution in [0.4, 0.5) is 0 Å². The van der Waals surface area contributed by atoms with E-state index in [1.54, 1.807) is 13.8 Å². The molecule has 0 unspecified atom stereocenters. The van der Waals surface area contributed by atoms with Crippen molar-refractivity contribution in [3.8, 4) is 0 Å². The average molecular weight is 155 g/mol. The zero-order valence-electron chi connectivity index (χ0n) is 6.46. The second-order valence-electron chi connectivity index (χ2n) is 1.60. The standard InChI is InChI=1S/C7H9NO3/c1-3-6(8-5-9)7(10)11-4-2/h3H,4H2,1-2H3/b6-3-. The molecule has 0 saturated heterocycles. The fourth-order valence-corrected chi connectivity index (χ4v) is 0.482. The van der Waals surface area contributed by atoms with E-state index in [2.05, 4.69) is 9.73 Å². The molecule has 0 aromatic heterocycles. The monoisotopic (exact) mass is 155 g/mol. The molecule has 60 valence electrons. The summed E-state index contributed by atoms with van der Waals surface area (Å²) in [5.74, 6) is -0.599. The van der Waals surface area contributed by atoms with Gasteiger partial charge in [-0.05, 0) is 13.8 Å². The molecule has 0 aromatic rings. The van der Waals surface area contributed by atoms with Crippen LogP contribution >= 0.6 is 0 Å². The fourth-order valence-electron chi connectivity index (χ4n) is 0.482. The van der Waals surface area contributed by atoms with Gasteiger partial charge in [0.25, 0.3) is 0 Å². The summed E-state index contributed by atoms with van der Waals surface area (Å²) < 4.78 is 4.57. The molecule has 0 rings (SSSR count). The summed E-state index contributed by atoms with van der Waals surface area (Å²) >= 11 is 0. The number of nitrogens with zero attached hydrogens (tertiary/aromatic N) is 1. The molecule has 0 amide bonds. The predicted octanol–water partition coefficient (Wildman–Crippen LogP) is 0.789. The molecule has 4 nitrogen and oxygen atoms in total. The van der Waals surface area contributed by atoms with Gasteiger partial charge in [-0.15, -0.1) is 0 Å². The smallest absolute Gasteiger partial charge is 0.357 e. The van der Waals surface area contributed by atoms with Crippen LogP contribution < -0.4 is 0 Å². The van der Waals surface area contributed by atoms with Crippen LogP contribution in [0.25, 0.3) is 0 Å². The SMILES string of the molecule is C/C=C(\N=C=O)C(=O)OCC. The van der Waals surface area contributed by atoms with E-state index >= 15 is 0 Å². The van der Waals surface area contributed by atoms with Crippen LogP contribution in [0.1, 0.15) is 13.8 Å². The number of ether oxygens (including phenoxy) is 1. The summed E-state index contributed by atoms with van der Waals surface area (Å²) in [6.07, 6.45) is 2.66. The summed E-state index contributed by atoms with van der Waals surface area (Å²) in [5, 5.41) is 0. The minimum absolute atomic E-state index is 0.0122. The lowest BCUT2D eigenvalue weighted by Gasteiger charge is -1.97. The van der Waals surface area contributed by atoms with E-state index < -0.39 is 5.97 Å². The summed E-state index contributed by atoms with van der Waals surface area (Å²) in [6.45, 7) is 3.54. The van der Waals surface area contributed by atoms with Crippen LogP contribution in [0.5, 0.6) is 0 Å². The molecule has 0 saturated carbocycles. The van der Waals surface area contributed by atoms with Crippen LogP contribution in [-0.4, -0.2) is 18.7 Å². The number of carbonyl (C=O) groups is 1. The molecule has 0 atom stereocenters. The Kier molecular flexibility index (Phi) is 4.69. The number of carbonyl (C=O) groups excluding carboxylic acids is 2. The van der Waals surface area contributed by atoms with Gasteiger partial charge < -0.3 is 4.74 Å². The van der Waals surface area contributed by atoms with E-state index in [-0.39, 0.29) is 12.3 Å². The molecule has 0 radical (unpaired) electrons. The van der Waals surface area contributed by atoms with Gasteiger partial charge in [-0.25, -0.2) is 9.59 Å². The molecule has 0 aliphatic heterocycles. The Bertz CT molecular complexity index is 214. The van der Waals surface area contributed by atoms with Crippen molar-refractivity contribution in [3.05, 3.63) is 11.8 Å². The molecule has 0 bridgehead atoms. The number of hydrogen-bond donors (Lipinski definition) is 0. The predicted molar refractivity (Wildman–Crippen MR) is 38.5 cm³/mol. The largest absolute Gasteiger partial charge is 0.461 e. The molecule has 0 aliphatic rings. The van der Waals surface area contributed by atoms with E-state index in [4.69, 9.17) is 0 Å². The zero-order valence-corrected chi connectivity index (χ0v) is 6.46. The lowest BCUT2D eigenvalue weighted by atomic mass is 10.4. The molecule has 0 aromatic carbocycles. The van der Waals surface area contributed by atoms with Gasteiger partial charge >= 0.3 is 5.97 Å². The number of allylic oxidation sites excluding steroid dienone is 1. The lowest BCUT2D eigenvalue weighted by molar-refractivity contribution is -0.138. The van der Waals surface area contributed by atoms with Crippen LogP contribution in [0.15, 0.2) is 16.8 Å². The minimum atomic E-state index is -0.599. The topological polar surface area (TPSA) is 55.7 Å². The maximum atomic E-state index is 10.8. The quantitative estimate of drug-likeness (QED) is 0.262. The van der Waals surface area contributed by atoms with Crippen LogP contribution in [0.3, 0.4) is 0 Å². The summed E-state index contributed by atoms with van der Waals surface area (Å²) in [6, 6.07) is 0. The molecule has 0 spiro atoms. The van der Waals surface area contributed by atoms with Gasteiger partial charge in [0, 0.05) is 0 Å². The third kappa shape index (κ3) is 3.33. The molecule has 11 heavy (non-hydrogen) atoms. The first kappa shape index (κ1) is 9.59. The van der Waals surface area contributed by atoms with Crippen molar-refractivity contribution in [3.63, 3.8) is 0 Å². The highest BCUT2D eigenvalue weighted by Gasteiger charge is 2.06. The number of hydrogen-bond acceptors (Lipinski definition) is 4. The van der Waals surface area contributed by atoms with Crippen LogP contribution in [0, 0.1) is 0 Å². The molecule has 0 heterocycles. The van der Waals surface area contributed by atoms with Gasteiger partial charge in [-0.3, -0.25) is 0 Å². The highest BCUT2D eigenvalue weighted by molar-refractivity contribution is 5.88. The highest BCUT2D eigenvalue weighted by atomic mass is 16.5. The first-order valence-corrected chi connectivity index (χ1v) is 3.17. The second-order valence-corrected chi connectivity index (χ2v) is 1.60. The van der Waals surface area contributed by atoms with Gasteiger partial charge in [0.1, 0.15) is 0 Å². The maximum absolute atomic E-state index is 10.8. The Hall–Kier alpha value is -1.41. The van der Waals surface area contributed by atoms with E-state index in [1.165, 1.54) is 12.2 Å². The second kappa shape index (κ2) is 5.38. The van der Waals surface area contributed by atoms with Crippen LogP contribution in [-0.2, 0) is 14.3 Å². The Morgan fingerprint density at radius 2 is 2.36 bits per heavy atom. The zero-order chi connectivity index (χ0) is 8.69. The number of esters is 1. The average Bonchev–Trinajstić information content (AvgIpc) is 2.00. The third-order valence-corrected chi connectivity index (χ3v) is 0.924. The Morgan fingerprint density at radius 3 is 2.73 bits per heavy atom. The lowest BCUT2D eigenvalue weighted by Crippen LogP contribution is -2.05. The molecule has 0 N–H and O–H groups in total. The van der Waals surface area contributed by atoms with Crippen molar-refractivity contribution in [2.45, 2.75) is 13.8 Å². The fraction of sp³-hybridized carbons (Fsp3) is 0.429. The first-order valence-electron chi connectivity index (χ1n) is 3.17. The Morgan fingerprint density at radius 1 is 1.73 bits per heavy atom. The van der Waals surface area contributed by atoms with E-state index in [0.717, 1.165) is 0 Å². The van der Waals surface area contributed by atoms with Gasteiger partial charge in [-0.2, -0.15) is 4.99 Å². The van der Waals surface area contributed by atoms with E-state index in [1.807, 2.05) is 0 Å². The first-order chi connectivity index (χ1) is 5.26. The van der Waals surface area contributed by atoms with E-state index in [9.17, 15) is 9.59 Å². The van der Waals surface area contributed by atoms with Gasteiger partial charge in [-0.1, -0.05) is 6.08 Å². The number of isocyanates is 1. The van der Waals surface area contributed by atoms with Gasteiger partial charge in [0.15, 0.2) is 5.70 Å². The minimum Gasteiger partial charge on any atom is -0.461 e. The maximum Gasteiger partial charge on any atom is 0.357 e. The summed E-state index contributed by atoms with van der Waals surface area (Å²) in [4.78, 5) is 23.7. The molecule has 4 heteroatoms. The molecular formula is C7H9NO3. The Labute approximate surface area is 64.6 Å². The van der Waals surface area contributed by atoms with Crippen LogP contribution in [0.2, 0.25) is 0 Å². The number of aliphatic imine (C=N–C) groups is 1. The van der Waals surface area contributed by atoms with Crippen molar-refractivity contribution in [2.24, 2.45) is 4.99 Å². The molecular weight excluding hydrogens is 146 g/mol. The Balaban J connectivity index is 4.28. The summed E-state index contributed by atoms with van der Waals surface area (Å²) in [7, 11) is 0. The summed E-state index contributed by atoms with van der Waals surface area (Å²) in [5.41, 5.74) is -0.0122. The third-order valence-electron chi connectivity index (χ3n) is 0.924. The van der Waals surface area contributed by atoms with Gasteiger partial charge in [0.2, 0.25) is 6.08 Å². The molecule has 0 aliphatic carbocycles. The van der Waals surface area contributed by atoms with Crippen molar-refractivity contribution in [1.82, 2.24) is 0 Å². The van der Waals surface area contributed by atoms with E-state index in [0.29, 0.717) is 0 Å². The highest BCUT2D eigenvalue weighted by Crippen LogP contribution is 1.97. The number of rotatable bonds is 3. The van der Waals surface area contributed by atoms with Crippen molar-refractivity contribution in [1.29, 1.82) is 0 Å². The normalized spacial score (nSPS) is 10.2. The van der Waals surface area contributed by atoms with Crippen molar-refractivity contribution in [2.75, 3.05) is 6.61 Å². The van der Waals surface area contributed by atoms with Gasteiger partial charge in [0.05, 0.1) is 6.61 Å².